The first-order chi connectivity index (χ1) is 9.83. The van der Waals surface area contributed by atoms with Crippen molar-refractivity contribution >= 4 is 17.3 Å². The monoisotopic (exact) mass is 287 g/mol. The summed E-state index contributed by atoms with van der Waals surface area (Å²) in [6.45, 7) is 5.59. The molecule has 0 saturated carbocycles. The molecule has 1 N–H and O–H groups in total. The molecule has 1 aliphatic heterocycles. The molecule has 3 rings (SSSR count). The molecule has 2 aromatic carbocycles. The van der Waals surface area contributed by atoms with Crippen LogP contribution in [-0.2, 0) is 6.54 Å². The third kappa shape index (κ3) is 3.14. The highest BCUT2D eigenvalue weighted by Crippen LogP contribution is 2.15. The predicted octanol–water partition coefficient (Wildman–Crippen LogP) is 2.25. The fourth-order valence-electron chi connectivity index (χ4n) is 2.81. The van der Waals surface area contributed by atoms with Crippen molar-refractivity contribution in [3.05, 3.63) is 65.2 Å². The van der Waals surface area contributed by atoms with Crippen LogP contribution in [0, 0.1) is 0 Å². The number of piperazine rings is 1. The average Bonchev–Trinajstić information content (AvgIpc) is 2.51. The molecule has 2 nitrogen and oxygen atoms in total. The van der Waals surface area contributed by atoms with Gasteiger partial charge in [-0.3, -0.25) is 0 Å². The minimum atomic E-state index is 0.894. The van der Waals surface area contributed by atoms with Crippen molar-refractivity contribution in [2.45, 2.75) is 6.54 Å². The van der Waals surface area contributed by atoms with Gasteiger partial charge in [-0.1, -0.05) is 48.0 Å². The Morgan fingerprint density at radius 1 is 0.900 bits per heavy atom. The Morgan fingerprint density at radius 3 is 2.25 bits per heavy atom. The van der Waals surface area contributed by atoms with E-state index in [9.17, 15) is 0 Å². The summed E-state index contributed by atoms with van der Waals surface area (Å²) in [7, 11) is 0. The molecule has 1 saturated heterocycles. The molecule has 1 heterocycles. The van der Waals surface area contributed by atoms with E-state index in [1.165, 1.54) is 24.3 Å². The molecule has 0 aromatic heterocycles. The number of nitrogens with one attached hydrogen (secondary N) is 1. The van der Waals surface area contributed by atoms with E-state index in [1.54, 1.807) is 4.90 Å². The maximum atomic E-state index is 6.24. The van der Waals surface area contributed by atoms with Gasteiger partial charge in [0.25, 0.3) is 0 Å². The Balaban J connectivity index is 1.58. The molecule has 20 heavy (non-hydrogen) atoms. The highest BCUT2D eigenvalue weighted by Gasteiger charge is 2.20. The van der Waals surface area contributed by atoms with Gasteiger partial charge < -0.3 is 9.80 Å². The molecule has 1 fully saturated rings. The van der Waals surface area contributed by atoms with Crippen molar-refractivity contribution in [3.8, 4) is 0 Å². The molecule has 0 aliphatic carbocycles. The van der Waals surface area contributed by atoms with E-state index in [2.05, 4.69) is 47.4 Å². The van der Waals surface area contributed by atoms with Crippen LogP contribution in [0.1, 0.15) is 5.56 Å². The molecule has 0 atom stereocenters. The first kappa shape index (κ1) is 13.5. The number of benzene rings is 2. The number of quaternary nitrogens is 1. The molecule has 0 amide bonds. The van der Waals surface area contributed by atoms with Crippen molar-refractivity contribution in [2.75, 3.05) is 31.1 Å². The molecular formula is C17H20ClN2+. The maximum Gasteiger partial charge on any atom is 0.104 e. The lowest BCUT2D eigenvalue weighted by atomic mass is 10.2. The minimum Gasteiger partial charge on any atom is -0.360 e. The van der Waals surface area contributed by atoms with Gasteiger partial charge in [-0.05, 0) is 18.2 Å². The third-order valence-electron chi connectivity index (χ3n) is 3.99. The van der Waals surface area contributed by atoms with Crippen LogP contribution in [0.2, 0.25) is 5.02 Å². The second kappa shape index (κ2) is 6.29. The van der Waals surface area contributed by atoms with Crippen molar-refractivity contribution in [2.24, 2.45) is 0 Å². The van der Waals surface area contributed by atoms with Gasteiger partial charge in [0, 0.05) is 16.3 Å². The fraction of sp³-hybridized carbons (Fsp3) is 0.294. The highest BCUT2D eigenvalue weighted by atomic mass is 35.5. The molecule has 2 aromatic rings. The molecular weight excluding hydrogens is 268 g/mol. The number of anilines is 1. The topological polar surface area (TPSA) is 7.68 Å². The van der Waals surface area contributed by atoms with Crippen LogP contribution < -0.4 is 9.80 Å². The normalized spacial score (nSPS) is 16.4. The lowest BCUT2D eigenvalue weighted by molar-refractivity contribution is -0.914. The van der Waals surface area contributed by atoms with E-state index < -0.39 is 0 Å². The summed E-state index contributed by atoms with van der Waals surface area (Å²) in [5.41, 5.74) is 2.60. The smallest absolute Gasteiger partial charge is 0.104 e. The van der Waals surface area contributed by atoms with Crippen molar-refractivity contribution in [3.63, 3.8) is 0 Å². The van der Waals surface area contributed by atoms with Gasteiger partial charge in [-0.2, -0.15) is 0 Å². The number of hydrogen-bond donors (Lipinski definition) is 1. The lowest BCUT2D eigenvalue weighted by Crippen LogP contribution is -3.13. The second-order valence-corrected chi connectivity index (χ2v) is 5.75. The van der Waals surface area contributed by atoms with Crippen LogP contribution in [0.25, 0.3) is 0 Å². The Morgan fingerprint density at radius 2 is 1.55 bits per heavy atom. The number of hydrogen-bond acceptors (Lipinski definition) is 1. The first-order valence-corrected chi connectivity index (χ1v) is 7.58. The zero-order valence-corrected chi connectivity index (χ0v) is 12.3. The Hall–Kier alpha value is -1.51. The van der Waals surface area contributed by atoms with Crippen LogP contribution in [-0.4, -0.2) is 26.2 Å². The van der Waals surface area contributed by atoms with Gasteiger partial charge in [-0.15, -0.1) is 0 Å². The largest absolute Gasteiger partial charge is 0.360 e. The quantitative estimate of drug-likeness (QED) is 0.910. The Labute approximate surface area is 125 Å². The van der Waals surface area contributed by atoms with E-state index in [4.69, 9.17) is 11.6 Å². The van der Waals surface area contributed by atoms with Crippen LogP contribution in [0.5, 0.6) is 0 Å². The molecule has 104 valence electrons. The van der Waals surface area contributed by atoms with Gasteiger partial charge in [0.1, 0.15) is 6.54 Å². The van der Waals surface area contributed by atoms with Gasteiger partial charge in [-0.25, -0.2) is 0 Å². The van der Waals surface area contributed by atoms with Crippen LogP contribution >= 0.6 is 11.6 Å². The average molecular weight is 288 g/mol. The van der Waals surface area contributed by atoms with Gasteiger partial charge in [0.2, 0.25) is 0 Å². The summed E-state index contributed by atoms with van der Waals surface area (Å²) in [6, 6.07) is 18.9. The number of rotatable bonds is 3. The summed E-state index contributed by atoms with van der Waals surface area (Å²) < 4.78 is 0. The summed E-state index contributed by atoms with van der Waals surface area (Å²) in [6.07, 6.45) is 0. The van der Waals surface area contributed by atoms with E-state index in [0.717, 1.165) is 24.7 Å². The summed E-state index contributed by atoms with van der Waals surface area (Å²) in [4.78, 5) is 4.08. The van der Waals surface area contributed by atoms with Gasteiger partial charge in [0.05, 0.1) is 26.2 Å². The first-order valence-electron chi connectivity index (χ1n) is 7.20. The van der Waals surface area contributed by atoms with Crippen LogP contribution in [0.3, 0.4) is 0 Å². The van der Waals surface area contributed by atoms with Crippen LogP contribution in [0.4, 0.5) is 5.69 Å². The summed E-state index contributed by atoms with van der Waals surface area (Å²) in [5, 5.41) is 0.894. The van der Waals surface area contributed by atoms with E-state index in [1.807, 2.05) is 12.1 Å². The summed E-state index contributed by atoms with van der Waals surface area (Å²) >= 11 is 6.24. The third-order valence-corrected chi connectivity index (χ3v) is 4.36. The number of para-hydroxylation sites is 1. The van der Waals surface area contributed by atoms with Crippen LogP contribution in [0.15, 0.2) is 54.6 Å². The molecule has 1 aliphatic rings. The van der Waals surface area contributed by atoms with Gasteiger partial charge >= 0.3 is 0 Å². The Bertz CT molecular complexity index is 548. The Kier molecular flexibility index (Phi) is 4.24. The van der Waals surface area contributed by atoms with Crippen molar-refractivity contribution in [1.82, 2.24) is 0 Å². The minimum absolute atomic E-state index is 0.894. The highest BCUT2D eigenvalue weighted by molar-refractivity contribution is 6.31. The SMILES string of the molecule is Clc1ccccc1C[NH+]1CCN(c2ccccc2)CC1. The lowest BCUT2D eigenvalue weighted by Gasteiger charge is -2.33. The standard InChI is InChI=1S/C17H19ClN2/c18-17-9-5-4-6-15(17)14-19-10-12-20(13-11-19)16-7-2-1-3-8-16/h1-9H,10-14H2/p+1. The summed E-state index contributed by atoms with van der Waals surface area (Å²) in [5.74, 6) is 0. The zero-order valence-electron chi connectivity index (χ0n) is 11.6. The zero-order chi connectivity index (χ0) is 13.8. The number of halogens is 1. The van der Waals surface area contributed by atoms with Crippen molar-refractivity contribution in [1.29, 1.82) is 0 Å². The molecule has 0 spiro atoms. The molecule has 0 radical (unpaired) electrons. The van der Waals surface area contributed by atoms with Crippen molar-refractivity contribution < 1.29 is 4.90 Å². The fourth-order valence-corrected chi connectivity index (χ4v) is 3.01. The van der Waals surface area contributed by atoms with E-state index >= 15 is 0 Å². The molecule has 3 heteroatoms. The number of nitrogens with zero attached hydrogens (tertiary/aromatic N) is 1. The van der Waals surface area contributed by atoms with E-state index in [0.29, 0.717) is 0 Å². The van der Waals surface area contributed by atoms with E-state index in [-0.39, 0.29) is 0 Å². The van der Waals surface area contributed by atoms with Gasteiger partial charge in [0.15, 0.2) is 0 Å². The second-order valence-electron chi connectivity index (χ2n) is 5.34. The maximum absolute atomic E-state index is 6.24. The molecule has 0 bridgehead atoms. The predicted molar refractivity (Wildman–Crippen MR) is 84.5 cm³/mol. The molecule has 0 unspecified atom stereocenters.